The summed E-state index contributed by atoms with van der Waals surface area (Å²) in [5, 5.41) is 2.47. The highest BCUT2D eigenvalue weighted by Gasteiger charge is 2.26. The second kappa shape index (κ2) is 4.00. The van der Waals surface area contributed by atoms with Gasteiger partial charge in [0.15, 0.2) is 0 Å². The molecule has 2 rings (SSSR count). The van der Waals surface area contributed by atoms with Gasteiger partial charge in [-0.05, 0) is 18.9 Å². The molecule has 1 fully saturated rings. The Labute approximate surface area is 92.6 Å². The number of hydrogen-bond donors (Lipinski definition) is 2. The summed E-state index contributed by atoms with van der Waals surface area (Å²) < 4.78 is 18.7. The van der Waals surface area contributed by atoms with Crippen LogP contribution in [0.5, 0.6) is 5.75 Å². The van der Waals surface area contributed by atoms with Gasteiger partial charge in [-0.25, -0.2) is 4.39 Å². The minimum Gasteiger partial charge on any atom is -0.489 e. The fourth-order valence-electron chi connectivity index (χ4n) is 1.35. The highest BCUT2D eigenvalue weighted by Crippen LogP contribution is 2.31. The molecule has 16 heavy (non-hydrogen) atoms. The van der Waals surface area contributed by atoms with E-state index in [1.807, 2.05) is 0 Å². The third-order valence-corrected chi connectivity index (χ3v) is 2.39. The Morgan fingerprint density at radius 3 is 2.81 bits per heavy atom. The minimum absolute atomic E-state index is 0.0539. The SMILES string of the molecule is CNC(=O)c1cc(N)c(F)cc1OC1CC1. The van der Waals surface area contributed by atoms with Crippen molar-refractivity contribution in [2.75, 3.05) is 12.8 Å². The first-order chi connectivity index (χ1) is 7.61. The molecule has 1 aromatic carbocycles. The van der Waals surface area contributed by atoms with E-state index in [2.05, 4.69) is 5.32 Å². The lowest BCUT2D eigenvalue weighted by Crippen LogP contribution is -2.19. The van der Waals surface area contributed by atoms with E-state index in [4.69, 9.17) is 10.5 Å². The summed E-state index contributed by atoms with van der Waals surface area (Å²) in [7, 11) is 1.50. The number of anilines is 1. The standard InChI is InChI=1S/C11H13FN2O2/c1-14-11(15)7-4-9(13)8(12)5-10(7)16-6-2-3-6/h4-6H,2-3,13H2,1H3,(H,14,15). The van der Waals surface area contributed by atoms with Gasteiger partial charge >= 0.3 is 0 Å². The van der Waals surface area contributed by atoms with E-state index in [9.17, 15) is 9.18 Å². The van der Waals surface area contributed by atoms with Gasteiger partial charge in [0.25, 0.3) is 5.91 Å². The van der Waals surface area contributed by atoms with Gasteiger partial charge in [0, 0.05) is 13.1 Å². The van der Waals surface area contributed by atoms with Crippen molar-refractivity contribution < 1.29 is 13.9 Å². The fourth-order valence-corrected chi connectivity index (χ4v) is 1.35. The number of nitrogens with two attached hydrogens (primary N) is 1. The molecule has 0 bridgehead atoms. The summed E-state index contributed by atoms with van der Waals surface area (Å²) in [6.07, 6.45) is 1.99. The van der Waals surface area contributed by atoms with Crippen molar-refractivity contribution in [3.8, 4) is 5.75 Å². The van der Waals surface area contributed by atoms with Crippen molar-refractivity contribution in [3.05, 3.63) is 23.5 Å². The number of amides is 1. The molecule has 0 radical (unpaired) electrons. The first-order valence-electron chi connectivity index (χ1n) is 5.09. The molecule has 4 nitrogen and oxygen atoms in total. The van der Waals surface area contributed by atoms with Gasteiger partial charge in [0.05, 0.1) is 17.4 Å². The predicted octanol–water partition coefficient (Wildman–Crippen LogP) is 1.31. The number of rotatable bonds is 3. The number of nitrogen functional groups attached to an aromatic ring is 1. The summed E-state index contributed by atoms with van der Waals surface area (Å²) in [5.74, 6) is -0.640. The topological polar surface area (TPSA) is 64.4 Å². The zero-order valence-electron chi connectivity index (χ0n) is 8.92. The molecule has 3 N–H and O–H groups in total. The maximum atomic E-state index is 13.3. The van der Waals surface area contributed by atoms with Crippen LogP contribution >= 0.6 is 0 Å². The Hall–Kier alpha value is -1.78. The van der Waals surface area contributed by atoms with Gasteiger partial charge in [0.2, 0.25) is 0 Å². The van der Waals surface area contributed by atoms with Crippen molar-refractivity contribution in [2.24, 2.45) is 0 Å². The number of ether oxygens (including phenoxy) is 1. The maximum absolute atomic E-state index is 13.3. The van der Waals surface area contributed by atoms with Crippen LogP contribution in [0.2, 0.25) is 0 Å². The molecule has 0 spiro atoms. The number of carbonyl (C=O) groups excluding carboxylic acids is 1. The van der Waals surface area contributed by atoms with E-state index in [-0.39, 0.29) is 29.0 Å². The van der Waals surface area contributed by atoms with Gasteiger partial charge in [0.1, 0.15) is 11.6 Å². The molecule has 86 valence electrons. The van der Waals surface area contributed by atoms with Crippen molar-refractivity contribution in [3.63, 3.8) is 0 Å². The van der Waals surface area contributed by atoms with Crippen LogP contribution in [0, 0.1) is 5.82 Å². The van der Waals surface area contributed by atoms with Gasteiger partial charge in [-0.3, -0.25) is 4.79 Å². The molecule has 0 heterocycles. The van der Waals surface area contributed by atoms with Crippen LogP contribution in [0.1, 0.15) is 23.2 Å². The second-order valence-corrected chi connectivity index (χ2v) is 3.77. The van der Waals surface area contributed by atoms with E-state index in [0.29, 0.717) is 0 Å². The van der Waals surface area contributed by atoms with Crippen LogP contribution in [0.3, 0.4) is 0 Å². The Balaban J connectivity index is 2.37. The molecule has 1 aromatic rings. The second-order valence-electron chi connectivity index (χ2n) is 3.77. The number of hydrogen-bond acceptors (Lipinski definition) is 3. The van der Waals surface area contributed by atoms with Crippen molar-refractivity contribution in [2.45, 2.75) is 18.9 Å². The molecule has 1 aliphatic carbocycles. The normalized spacial score (nSPS) is 14.6. The average Bonchev–Trinajstić information content (AvgIpc) is 3.06. The maximum Gasteiger partial charge on any atom is 0.254 e. The zero-order valence-corrected chi connectivity index (χ0v) is 8.92. The molecule has 0 unspecified atom stereocenters. The predicted molar refractivity (Wildman–Crippen MR) is 57.9 cm³/mol. The highest BCUT2D eigenvalue weighted by molar-refractivity contribution is 5.97. The molecular formula is C11H13FN2O2. The smallest absolute Gasteiger partial charge is 0.254 e. The van der Waals surface area contributed by atoms with Crippen LogP contribution in [0.25, 0.3) is 0 Å². The first kappa shape index (κ1) is 10.7. The van der Waals surface area contributed by atoms with Gasteiger partial charge in [-0.15, -0.1) is 0 Å². The van der Waals surface area contributed by atoms with E-state index < -0.39 is 5.82 Å². The average molecular weight is 224 g/mol. The Kier molecular flexibility index (Phi) is 2.68. The molecule has 0 aliphatic heterocycles. The van der Waals surface area contributed by atoms with Crippen LogP contribution in [0.4, 0.5) is 10.1 Å². The third kappa shape index (κ3) is 2.08. The Morgan fingerprint density at radius 2 is 2.25 bits per heavy atom. The molecule has 1 aliphatic rings. The van der Waals surface area contributed by atoms with Crippen LogP contribution in [0.15, 0.2) is 12.1 Å². The number of benzene rings is 1. The quantitative estimate of drug-likeness (QED) is 0.761. The lowest BCUT2D eigenvalue weighted by molar-refractivity contribution is 0.0958. The van der Waals surface area contributed by atoms with Crippen molar-refractivity contribution >= 4 is 11.6 Å². The van der Waals surface area contributed by atoms with E-state index in [1.165, 1.54) is 13.1 Å². The van der Waals surface area contributed by atoms with E-state index in [0.717, 1.165) is 18.9 Å². The molecule has 0 atom stereocenters. The van der Waals surface area contributed by atoms with E-state index >= 15 is 0 Å². The van der Waals surface area contributed by atoms with Crippen molar-refractivity contribution in [1.29, 1.82) is 0 Å². The Morgan fingerprint density at radius 1 is 1.56 bits per heavy atom. The van der Waals surface area contributed by atoms with Gasteiger partial charge < -0.3 is 15.8 Å². The largest absolute Gasteiger partial charge is 0.489 e. The molecule has 0 saturated heterocycles. The molecule has 0 aromatic heterocycles. The number of halogens is 1. The first-order valence-corrected chi connectivity index (χ1v) is 5.09. The third-order valence-electron chi connectivity index (χ3n) is 2.39. The fraction of sp³-hybridized carbons (Fsp3) is 0.364. The number of nitrogens with one attached hydrogen (secondary N) is 1. The lowest BCUT2D eigenvalue weighted by atomic mass is 10.1. The minimum atomic E-state index is -0.566. The lowest BCUT2D eigenvalue weighted by Gasteiger charge is -2.11. The number of carbonyl (C=O) groups is 1. The summed E-state index contributed by atoms with van der Waals surface area (Å²) in [6.45, 7) is 0. The van der Waals surface area contributed by atoms with Crippen LogP contribution in [-0.4, -0.2) is 19.1 Å². The van der Waals surface area contributed by atoms with Crippen LogP contribution < -0.4 is 15.8 Å². The Bertz CT molecular complexity index is 430. The van der Waals surface area contributed by atoms with Crippen LogP contribution in [-0.2, 0) is 0 Å². The molecule has 5 heteroatoms. The summed E-state index contributed by atoms with van der Waals surface area (Å²) in [6, 6.07) is 2.46. The summed E-state index contributed by atoms with van der Waals surface area (Å²) in [5.41, 5.74) is 5.64. The van der Waals surface area contributed by atoms with Gasteiger partial charge in [-0.2, -0.15) is 0 Å². The summed E-state index contributed by atoms with van der Waals surface area (Å²) >= 11 is 0. The monoisotopic (exact) mass is 224 g/mol. The van der Waals surface area contributed by atoms with Gasteiger partial charge in [-0.1, -0.05) is 0 Å². The molecule has 1 amide bonds. The molecular weight excluding hydrogens is 211 g/mol. The zero-order chi connectivity index (χ0) is 11.7. The van der Waals surface area contributed by atoms with E-state index in [1.54, 1.807) is 0 Å². The molecule has 1 saturated carbocycles. The highest BCUT2D eigenvalue weighted by atomic mass is 19.1. The summed E-state index contributed by atoms with van der Waals surface area (Å²) in [4.78, 5) is 11.5. The van der Waals surface area contributed by atoms with Crippen molar-refractivity contribution in [1.82, 2.24) is 5.32 Å².